The van der Waals surface area contributed by atoms with Gasteiger partial charge in [-0.2, -0.15) is 0 Å². The minimum Gasteiger partial charge on any atom is -0.462 e. The molecule has 11 heteroatoms. The molecule has 0 atom stereocenters. The van der Waals surface area contributed by atoms with E-state index in [0.29, 0.717) is 5.56 Å². The van der Waals surface area contributed by atoms with Crippen molar-refractivity contribution in [1.82, 2.24) is 4.90 Å². The molecule has 2 amide bonds. The Morgan fingerprint density at radius 2 is 1.77 bits per heavy atom. The van der Waals surface area contributed by atoms with Gasteiger partial charge in [0.25, 0.3) is 11.8 Å². The summed E-state index contributed by atoms with van der Waals surface area (Å²) >= 11 is 12.7. The predicted molar refractivity (Wildman–Crippen MR) is 118 cm³/mol. The number of ether oxygens (including phenoxy) is 2. The summed E-state index contributed by atoms with van der Waals surface area (Å²) in [6, 6.07) is 4.27. The van der Waals surface area contributed by atoms with Crippen LogP contribution in [0.3, 0.4) is 0 Å². The molecule has 2 rings (SSSR count). The third-order valence-corrected chi connectivity index (χ3v) is 5.72. The van der Waals surface area contributed by atoms with Gasteiger partial charge >= 0.3 is 11.9 Å². The minimum atomic E-state index is -0.834. The molecule has 0 aliphatic heterocycles. The molecule has 2 aromatic rings. The van der Waals surface area contributed by atoms with Crippen molar-refractivity contribution in [2.24, 2.45) is 0 Å². The molecule has 0 saturated carbocycles. The van der Waals surface area contributed by atoms with Crippen molar-refractivity contribution < 1.29 is 28.7 Å². The lowest BCUT2D eigenvalue weighted by atomic mass is 10.1. The van der Waals surface area contributed by atoms with Crippen LogP contribution < -0.4 is 5.32 Å². The van der Waals surface area contributed by atoms with E-state index >= 15 is 0 Å². The van der Waals surface area contributed by atoms with Crippen LogP contribution in [-0.4, -0.2) is 56.0 Å². The quantitative estimate of drug-likeness (QED) is 0.592. The van der Waals surface area contributed by atoms with E-state index in [1.807, 2.05) is 0 Å². The number of amides is 2. The van der Waals surface area contributed by atoms with Crippen molar-refractivity contribution in [2.45, 2.75) is 13.8 Å². The zero-order valence-electron chi connectivity index (χ0n) is 17.2. The average molecular weight is 487 g/mol. The van der Waals surface area contributed by atoms with Gasteiger partial charge in [0.1, 0.15) is 5.00 Å². The lowest BCUT2D eigenvalue weighted by molar-refractivity contribution is -0.119. The van der Waals surface area contributed by atoms with E-state index in [0.717, 1.165) is 11.3 Å². The Balaban J connectivity index is 2.20. The first kappa shape index (κ1) is 24.6. The van der Waals surface area contributed by atoms with Gasteiger partial charge in [-0.05, 0) is 37.6 Å². The normalized spacial score (nSPS) is 10.4. The SMILES string of the molecule is CCOC(=O)c1c(NC(=O)COC(=O)c2cc(Cl)ccc2Cl)sc(C(=O)N(C)C)c1C. The average Bonchev–Trinajstić information content (AvgIpc) is 3.03. The lowest BCUT2D eigenvalue weighted by Gasteiger charge is -2.09. The fourth-order valence-electron chi connectivity index (χ4n) is 2.48. The Labute approximate surface area is 193 Å². The maximum absolute atomic E-state index is 12.4. The number of halogens is 2. The van der Waals surface area contributed by atoms with Crippen molar-refractivity contribution in [3.63, 3.8) is 0 Å². The smallest absolute Gasteiger partial charge is 0.341 e. The van der Waals surface area contributed by atoms with Gasteiger partial charge in [-0.1, -0.05) is 23.2 Å². The van der Waals surface area contributed by atoms with E-state index in [2.05, 4.69) is 5.32 Å². The first-order chi connectivity index (χ1) is 14.6. The number of carbonyl (C=O) groups is 4. The molecule has 0 aliphatic carbocycles. The van der Waals surface area contributed by atoms with Gasteiger partial charge in [0, 0.05) is 19.1 Å². The first-order valence-corrected chi connectivity index (χ1v) is 10.6. The summed E-state index contributed by atoms with van der Waals surface area (Å²) in [4.78, 5) is 51.0. The third kappa shape index (κ3) is 5.96. The molecule has 1 N–H and O–H groups in total. The molecule has 166 valence electrons. The summed E-state index contributed by atoms with van der Waals surface area (Å²) in [5.74, 6) is -2.54. The van der Waals surface area contributed by atoms with Crippen molar-refractivity contribution in [2.75, 3.05) is 32.6 Å². The van der Waals surface area contributed by atoms with Crippen LogP contribution in [0.1, 0.15) is 42.9 Å². The van der Waals surface area contributed by atoms with Crippen molar-refractivity contribution in [1.29, 1.82) is 0 Å². The second-order valence-corrected chi connectivity index (χ2v) is 8.29. The molecule has 1 aromatic heterocycles. The lowest BCUT2D eigenvalue weighted by Crippen LogP contribution is -2.22. The highest BCUT2D eigenvalue weighted by atomic mass is 35.5. The summed E-state index contributed by atoms with van der Waals surface area (Å²) in [5, 5.41) is 3.05. The van der Waals surface area contributed by atoms with Crippen LogP contribution in [0.2, 0.25) is 10.0 Å². The van der Waals surface area contributed by atoms with Gasteiger partial charge in [0.05, 0.1) is 27.6 Å². The monoisotopic (exact) mass is 486 g/mol. The molecule has 0 aliphatic rings. The van der Waals surface area contributed by atoms with Crippen molar-refractivity contribution >= 4 is 63.3 Å². The van der Waals surface area contributed by atoms with Crippen LogP contribution in [-0.2, 0) is 14.3 Å². The molecular formula is C20H20Cl2N2O6S. The van der Waals surface area contributed by atoms with Gasteiger partial charge in [-0.15, -0.1) is 11.3 Å². The van der Waals surface area contributed by atoms with Crippen LogP contribution in [0.4, 0.5) is 5.00 Å². The molecular weight excluding hydrogens is 467 g/mol. The number of hydrogen-bond acceptors (Lipinski definition) is 7. The van der Waals surface area contributed by atoms with E-state index in [9.17, 15) is 19.2 Å². The topological polar surface area (TPSA) is 102 Å². The highest BCUT2D eigenvalue weighted by molar-refractivity contribution is 7.18. The Bertz CT molecular complexity index is 1030. The number of nitrogens with one attached hydrogen (secondary N) is 1. The number of esters is 2. The maximum atomic E-state index is 12.4. The largest absolute Gasteiger partial charge is 0.462 e. The molecule has 0 unspecified atom stereocenters. The predicted octanol–water partition coefficient (Wildman–Crippen LogP) is 4.04. The van der Waals surface area contributed by atoms with Crippen molar-refractivity contribution in [3.05, 3.63) is 49.8 Å². The number of benzene rings is 1. The van der Waals surface area contributed by atoms with Crippen LogP contribution in [0.25, 0.3) is 0 Å². The summed E-state index contributed by atoms with van der Waals surface area (Å²) in [6.45, 7) is 2.72. The van der Waals surface area contributed by atoms with Crippen LogP contribution in [0.5, 0.6) is 0 Å². The number of nitrogens with zero attached hydrogens (tertiary/aromatic N) is 1. The zero-order valence-corrected chi connectivity index (χ0v) is 19.5. The van der Waals surface area contributed by atoms with Gasteiger partial charge in [0.15, 0.2) is 6.61 Å². The fourth-order valence-corrected chi connectivity index (χ4v) is 4.08. The number of rotatable bonds is 7. The fraction of sp³-hybridized carbons (Fsp3) is 0.300. The standard InChI is InChI=1S/C20H20Cl2N2O6S/c1-5-29-20(28)15-10(2)16(18(26)24(3)4)31-17(15)23-14(25)9-30-19(27)12-8-11(21)6-7-13(12)22/h6-8H,5,9H2,1-4H3,(H,23,25). The van der Waals surface area contributed by atoms with E-state index < -0.39 is 24.5 Å². The van der Waals surface area contributed by atoms with E-state index in [-0.39, 0.29) is 43.6 Å². The summed E-state index contributed by atoms with van der Waals surface area (Å²) in [6.07, 6.45) is 0. The third-order valence-electron chi connectivity index (χ3n) is 3.96. The first-order valence-electron chi connectivity index (χ1n) is 9.01. The summed E-state index contributed by atoms with van der Waals surface area (Å²) in [7, 11) is 3.15. The molecule has 0 bridgehead atoms. The van der Waals surface area contributed by atoms with E-state index in [1.54, 1.807) is 27.9 Å². The number of hydrogen-bond donors (Lipinski definition) is 1. The second kappa shape index (κ2) is 10.6. The molecule has 0 saturated heterocycles. The Morgan fingerprint density at radius 1 is 1.10 bits per heavy atom. The highest BCUT2D eigenvalue weighted by Gasteiger charge is 2.27. The summed E-state index contributed by atoms with van der Waals surface area (Å²) in [5.41, 5.74) is 0.481. The molecule has 31 heavy (non-hydrogen) atoms. The molecule has 8 nitrogen and oxygen atoms in total. The minimum absolute atomic E-state index is 0.0139. The molecule has 0 spiro atoms. The molecule has 1 heterocycles. The van der Waals surface area contributed by atoms with Gasteiger partial charge in [-0.3, -0.25) is 9.59 Å². The molecule has 1 aromatic carbocycles. The number of thiophene rings is 1. The number of carbonyl (C=O) groups excluding carboxylic acids is 4. The van der Waals surface area contributed by atoms with Gasteiger partial charge in [-0.25, -0.2) is 9.59 Å². The van der Waals surface area contributed by atoms with Crippen LogP contribution in [0, 0.1) is 6.92 Å². The Morgan fingerprint density at radius 3 is 2.39 bits per heavy atom. The Kier molecular flexibility index (Phi) is 8.43. The number of anilines is 1. The van der Waals surface area contributed by atoms with Gasteiger partial charge < -0.3 is 19.7 Å². The second-order valence-electron chi connectivity index (χ2n) is 6.43. The summed E-state index contributed by atoms with van der Waals surface area (Å²) < 4.78 is 10.0. The van der Waals surface area contributed by atoms with E-state index in [4.69, 9.17) is 32.7 Å². The molecule has 0 fully saturated rings. The van der Waals surface area contributed by atoms with Crippen LogP contribution >= 0.6 is 34.5 Å². The highest BCUT2D eigenvalue weighted by Crippen LogP contribution is 2.34. The van der Waals surface area contributed by atoms with Crippen LogP contribution in [0.15, 0.2) is 18.2 Å². The maximum Gasteiger partial charge on any atom is 0.341 e. The zero-order chi connectivity index (χ0) is 23.3. The van der Waals surface area contributed by atoms with E-state index in [1.165, 1.54) is 23.1 Å². The van der Waals surface area contributed by atoms with Crippen molar-refractivity contribution in [3.8, 4) is 0 Å². The Hall–Kier alpha value is -2.62. The molecule has 0 radical (unpaired) electrons. The van der Waals surface area contributed by atoms with Gasteiger partial charge in [0.2, 0.25) is 0 Å².